The van der Waals surface area contributed by atoms with Gasteiger partial charge in [-0.05, 0) is 23.7 Å². The third-order valence-electron chi connectivity index (χ3n) is 3.49. The molecule has 0 radical (unpaired) electrons. The highest BCUT2D eigenvalue weighted by Crippen LogP contribution is 2.53. The fourth-order valence-corrected chi connectivity index (χ4v) is 2.81. The predicted octanol–water partition coefficient (Wildman–Crippen LogP) is 2.17. The highest BCUT2D eigenvalue weighted by atomic mass is 15.1. The molecule has 1 atom stereocenters. The molecule has 1 saturated carbocycles. The maximum atomic E-state index is 3.58. The van der Waals surface area contributed by atoms with Gasteiger partial charge < -0.3 is 5.32 Å². The zero-order valence-corrected chi connectivity index (χ0v) is 7.91. The van der Waals surface area contributed by atoms with Crippen LogP contribution in [0.15, 0.2) is 0 Å². The second-order valence-corrected chi connectivity index (χ2v) is 5.40. The van der Waals surface area contributed by atoms with E-state index in [1.165, 1.54) is 25.8 Å². The van der Waals surface area contributed by atoms with E-state index in [1.807, 2.05) is 0 Å². The number of hydrogen-bond donors (Lipinski definition) is 1. The van der Waals surface area contributed by atoms with Crippen LogP contribution < -0.4 is 5.32 Å². The molecule has 0 aromatic carbocycles. The molecule has 1 saturated heterocycles. The minimum absolute atomic E-state index is 0.471. The molecule has 2 rings (SSSR count). The van der Waals surface area contributed by atoms with E-state index in [4.69, 9.17) is 0 Å². The van der Waals surface area contributed by atoms with Crippen molar-refractivity contribution in [1.82, 2.24) is 5.32 Å². The Morgan fingerprint density at radius 1 is 1.27 bits per heavy atom. The van der Waals surface area contributed by atoms with E-state index in [-0.39, 0.29) is 0 Å². The normalized spacial score (nSPS) is 34.6. The van der Waals surface area contributed by atoms with Crippen molar-refractivity contribution in [1.29, 1.82) is 0 Å². The zero-order chi connectivity index (χ0) is 8.11. The van der Waals surface area contributed by atoms with Gasteiger partial charge in [0.2, 0.25) is 0 Å². The van der Waals surface area contributed by atoms with Crippen LogP contribution >= 0.6 is 0 Å². The van der Waals surface area contributed by atoms with Gasteiger partial charge in [0.15, 0.2) is 0 Å². The first-order valence-corrected chi connectivity index (χ1v) is 4.78. The number of rotatable bonds is 0. The Morgan fingerprint density at radius 3 is 2.00 bits per heavy atom. The molecule has 1 N–H and O–H groups in total. The van der Waals surface area contributed by atoms with Gasteiger partial charge in [-0.2, -0.15) is 0 Å². The van der Waals surface area contributed by atoms with Crippen LogP contribution in [-0.4, -0.2) is 12.6 Å². The van der Waals surface area contributed by atoms with Crippen molar-refractivity contribution in [2.45, 2.75) is 46.1 Å². The van der Waals surface area contributed by atoms with Crippen molar-refractivity contribution in [2.24, 2.45) is 10.8 Å². The van der Waals surface area contributed by atoms with Crippen molar-refractivity contribution in [2.75, 3.05) is 6.54 Å². The Morgan fingerprint density at radius 2 is 1.91 bits per heavy atom. The minimum atomic E-state index is 0.471. The molecule has 1 aliphatic carbocycles. The van der Waals surface area contributed by atoms with Crippen molar-refractivity contribution in [3.8, 4) is 0 Å². The molecule has 2 fully saturated rings. The first kappa shape index (κ1) is 7.60. The van der Waals surface area contributed by atoms with Crippen LogP contribution in [0.2, 0.25) is 0 Å². The lowest BCUT2D eigenvalue weighted by Gasteiger charge is -2.61. The van der Waals surface area contributed by atoms with Crippen LogP contribution in [0.1, 0.15) is 40.0 Å². The van der Waals surface area contributed by atoms with Gasteiger partial charge in [-0.1, -0.05) is 27.2 Å². The van der Waals surface area contributed by atoms with Gasteiger partial charge in [-0.25, -0.2) is 0 Å². The Labute approximate surface area is 69.6 Å². The van der Waals surface area contributed by atoms with Gasteiger partial charge in [0.05, 0.1) is 0 Å². The molecule has 2 aliphatic rings. The molecule has 64 valence electrons. The molecule has 1 aliphatic heterocycles. The van der Waals surface area contributed by atoms with Crippen LogP contribution in [-0.2, 0) is 0 Å². The third kappa shape index (κ3) is 0.936. The molecule has 0 unspecified atom stereocenters. The average Bonchev–Trinajstić information content (AvgIpc) is 1.49. The second kappa shape index (κ2) is 2.01. The van der Waals surface area contributed by atoms with E-state index in [0.717, 1.165) is 11.5 Å². The topological polar surface area (TPSA) is 12.0 Å². The molecule has 1 heterocycles. The quantitative estimate of drug-likeness (QED) is 0.562. The van der Waals surface area contributed by atoms with E-state index in [1.54, 1.807) is 0 Å². The summed E-state index contributed by atoms with van der Waals surface area (Å²) in [6.45, 7) is 8.34. The van der Waals surface area contributed by atoms with Crippen LogP contribution in [0.5, 0.6) is 0 Å². The summed E-state index contributed by atoms with van der Waals surface area (Å²) in [6.07, 6.45) is 4.41. The first-order valence-electron chi connectivity index (χ1n) is 4.78. The minimum Gasteiger partial charge on any atom is -0.312 e. The van der Waals surface area contributed by atoms with Gasteiger partial charge in [-0.3, -0.25) is 0 Å². The highest BCUT2D eigenvalue weighted by molar-refractivity contribution is 5.10. The molecular weight excluding hydrogens is 134 g/mol. The predicted molar refractivity (Wildman–Crippen MR) is 47.5 cm³/mol. The molecule has 0 bridgehead atoms. The summed E-state index contributed by atoms with van der Waals surface area (Å²) < 4.78 is 0. The summed E-state index contributed by atoms with van der Waals surface area (Å²) in [4.78, 5) is 0. The Balaban J connectivity index is 2.06. The lowest BCUT2D eigenvalue weighted by atomic mass is 9.53. The van der Waals surface area contributed by atoms with E-state index < -0.39 is 0 Å². The van der Waals surface area contributed by atoms with Crippen LogP contribution in [0, 0.1) is 10.8 Å². The number of nitrogens with one attached hydrogen (secondary N) is 1. The van der Waals surface area contributed by atoms with Crippen molar-refractivity contribution in [3.63, 3.8) is 0 Å². The molecule has 1 nitrogen and oxygen atoms in total. The smallest absolute Gasteiger partial charge is 0.0184 e. The van der Waals surface area contributed by atoms with Crippen molar-refractivity contribution < 1.29 is 0 Å². The van der Waals surface area contributed by atoms with Crippen LogP contribution in [0.3, 0.4) is 0 Å². The molecular formula is C10H19N. The van der Waals surface area contributed by atoms with Crippen molar-refractivity contribution >= 4 is 0 Å². The summed E-state index contributed by atoms with van der Waals surface area (Å²) in [5.74, 6) is 0. The largest absolute Gasteiger partial charge is 0.312 e. The van der Waals surface area contributed by atoms with E-state index in [2.05, 4.69) is 26.1 Å². The van der Waals surface area contributed by atoms with E-state index in [0.29, 0.717) is 5.41 Å². The van der Waals surface area contributed by atoms with E-state index in [9.17, 15) is 0 Å². The van der Waals surface area contributed by atoms with Crippen LogP contribution in [0.4, 0.5) is 0 Å². The summed E-state index contributed by atoms with van der Waals surface area (Å²) in [7, 11) is 0. The maximum Gasteiger partial charge on any atom is 0.0184 e. The fraction of sp³-hybridized carbons (Fsp3) is 1.00. The summed E-state index contributed by atoms with van der Waals surface area (Å²) >= 11 is 0. The molecule has 0 amide bonds. The lowest BCUT2D eigenvalue weighted by molar-refractivity contribution is -0.0565. The Bertz CT molecular complexity index is 157. The highest BCUT2D eigenvalue weighted by Gasteiger charge is 2.54. The molecule has 11 heavy (non-hydrogen) atoms. The first-order chi connectivity index (χ1) is 5.05. The molecule has 1 spiro atoms. The SMILES string of the molecule is CC(C)(C)[C@@H]1NCC12CCC2. The van der Waals surface area contributed by atoms with Gasteiger partial charge in [0.1, 0.15) is 0 Å². The molecule has 0 aromatic heterocycles. The number of hydrogen-bond acceptors (Lipinski definition) is 1. The van der Waals surface area contributed by atoms with Gasteiger partial charge in [0, 0.05) is 12.6 Å². The summed E-state index contributed by atoms with van der Waals surface area (Å²) in [5.41, 5.74) is 1.21. The maximum absolute atomic E-state index is 3.58. The second-order valence-electron chi connectivity index (χ2n) is 5.40. The monoisotopic (exact) mass is 153 g/mol. The average molecular weight is 153 g/mol. The zero-order valence-electron chi connectivity index (χ0n) is 7.91. The standard InChI is InChI=1S/C10H19N/c1-9(2,3)8-10(7-11-8)5-4-6-10/h8,11H,4-7H2,1-3H3/t8-/m0/s1. The van der Waals surface area contributed by atoms with Crippen LogP contribution in [0.25, 0.3) is 0 Å². The van der Waals surface area contributed by atoms with Crippen molar-refractivity contribution in [3.05, 3.63) is 0 Å². The summed E-state index contributed by atoms with van der Waals surface area (Å²) in [6, 6.07) is 0.795. The molecule has 0 aromatic rings. The third-order valence-corrected chi connectivity index (χ3v) is 3.49. The fourth-order valence-electron chi connectivity index (χ4n) is 2.81. The van der Waals surface area contributed by atoms with E-state index >= 15 is 0 Å². The van der Waals surface area contributed by atoms with Gasteiger partial charge >= 0.3 is 0 Å². The van der Waals surface area contributed by atoms with Gasteiger partial charge in [0.25, 0.3) is 0 Å². The Hall–Kier alpha value is -0.0400. The molecule has 1 heteroatoms. The lowest BCUT2D eigenvalue weighted by Crippen LogP contribution is -2.69. The van der Waals surface area contributed by atoms with Gasteiger partial charge in [-0.15, -0.1) is 0 Å². The summed E-state index contributed by atoms with van der Waals surface area (Å²) in [5, 5.41) is 3.58. The Kier molecular flexibility index (Phi) is 1.39.